The Kier molecular flexibility index (Phi) is 4.86. The largest absolute Gasteiger partial charge is 0.430 e. The number of halogens is 6. The van der Waals surface area contributed by atoms with E-state index in [2.05, 4.69) is 0 Å². The predicted octanol–water partition coefficient (Wildman–Crippen LogP) is 4.10. The highest BCUT2D eigenvalue weighted by Gasteiger charge is 2.71. The molecule has 3 N–H and O–H groups in total. The van der Waals surface area contributed by atoms with E-state index in [0.29, 0.717) is 34.2 Å². The second kappa shape index (κ2) is 6.80. The van der Waals surface area contributed by atoms with Crippen LogP contribution in [0.1, 0.15) is 21.5 Å². The van der Waals surface area contributed by atoms with Crippen molar-refractivity contribution in [2.24, 2.45) is 5.73 Å². The van der Waals surface area contributed by atoms with E-state index in [0.717, 1.165) is 12.1 Å². The lowest BCUT2D eigenvalue weighted by Gasteiger charge is -2.32. The fourth-order valence-corrected chi connectivity index (χ4v) is 3.03. The molecule has 0 aliphatic rings. The summed E-state index contributed by atoms with van der Waals surface area (Å²) in [7, 11) is 0. The lowest BCUT2D eigenvalue weighted by Crippen LogP contribution is -2.53. The molecule has 0 aliphatic carbocycles. The third kappa shape index (κ3) is 3.55. The zero-order chi connectivity index (χ0) is 21.6. The van der Waals surface area contributed by atoms with Crippen molar-refractivity contribution in [2.45, 2.75) is 24.5 Å². The predicted molar refractivity (Wildman–Crippen MR) is 92.0 cm³/mol. The molecule has 0 aliphatic heterocycles. The monoisotopic (exact) mass is 416 g/mol. The van der Waals surface area contributed by atoms with E-state index >= 15 is 0 Å². The Labute approximate surface area is 160 Å². The number of hydrogen-bond acceptors (Lipinski definition) is 2. The minimum atomic E-state index is -5.93. The van der Waals surface area contributed by atoms with Gasteiger partial charge >= 0.3 is 12.4 Å². The van der Waals surface area contributed by atoms with Crippen molar-refractivity contribution in [3.8, 4) is 0 Å². The second-order valence-corrected chi connectivity index (χ2v) is 6.48. The topological polar surface area (TPSA) is 68.2 Å². The summed E-state index contributed by atoms with van der Waals surface area (Å²) in [6.07, 6.45) is -10.2. The molecule has 0 atom stereocenters. The number of benzene rings is 2. The zero-order valence-corrected chi connectivity index (χ0v) is 14.6. The summed E-state index contributed by atoms with van der Waals surface area (Å²) in [6.45, 7) is 0.149. The Morgan fingerprint density at radius 2 is 1.52 bits per heavy atom. The lowest BCUT2D eigenvalue weighted by molar-refractivity contribution is -0.376. The molecule has 2 aromatic carbocycles. The molecule has 3 aromatic rings. The van der Waals surface area contributed by atoms with Crippen molar-refractivity contribution in [2.75, 3.05) is 0 Å². The SMILES string of the molecule is NC(=O)c1ccc2c(ccn2Cc2ccc(C(O)(C(F)(F)F)C(F)(F)F)cc2)c1. The average Bonchev–Trinajstić information content (AvgIpc) is 3.02. The van der Waals surface area contributed by atoms with E-state index < -0.39 is 29.4 Å². The number of primary amides is 1. The van der Waals surface area contributed by atoms with Crippen LogP contribution in [0.2, 0.25) is 0 Å². The molecule has 0 radical (unpaired) electrons. The molecule has 154 valence electrons. The number of carbonyl (C=O) groups excluding carboxylic acids is 1. The first-order valence-electron chi connectivity index (χ1n) is 8.18. The van der Waals surface area contributed by atoms with Crippen LogP contribution in [-0.4, -0.2) is 27.9 Å². The quantitative estimate of drug-likeness (QED) is 0.629. The van der Waals surface area contributed by atoms with Gasteiger partial charge in [0, 0.05) is 34.8 Å². The fourth-order valence-electron chi connectivity index (χ4n) is 3.03. The minimum Gasteiger partial charge on any atom is -0.369 e. The van der Waals surface area contributed by atoms with Gasteiger partial charge in [0.05, 0.1) is 0 Å². The fraction of sp³-hybridized carbons (Fsp3) is 0.211. The Hall–Kier alpha value is -3.01. The van der Waals surface area contributed by atoms with E-state index in [1.165, 1.54) is 6.07 Å². The summed E-state index contributed by atoms with van der Waals surface area (Å²) in [5, 5.41) is 10.1. The molecule has 0 unspecified atom stereocenters. The molecule has 29 heavy (non-hydrogen) atoms. The summed E-state index contributed by atoms with van der Waals surface area (Å²) < 4.78 is 79.4. The molecule has 4 nitrogen and oxygen atoms in total. The van der Waals surface area contributed by atoms with Crippen LogP contribution in [0, 0.1) is 0 Å². The van der Waals surface area contributed by atoms with Gasteiger partial charge in [-0.05, 0) is 29.8 Å². The number of carbonyl (C=O) groups is 1. The van der Waals surface area contributed by atoms with Crippen molar-refractivity contribution in [3.63, 3.8) is 0 Å². The van der Waals surface area contributed by atoms with Crippen molar-refractivity contribution < 1.29 is 36.2 Å². The van der Waals surface area contributed by atoms with Gasteiger partial charge in [0.1, 0.15) is 0 Å². The average molecular weight is 416 g/mol. The van der Waals surface area contributed by atoms with Gasteiger partial charge in [-0.3, -0.25) is 4.79 Å². The van der Waals surface area contributed by atoms with Gasteiger partial charge in [-0.1, -0.05) is 24.3 Å². The number of rotatable bonds is 4. The van der Waals surface area contributed by atoms with Gasteiger partial charge in [0.25, 0.3) is 5.60 Å². The van der Waals surface area contributed by atoms with E-state index in [9.17, 15) is 36.2 Å². The number of aromatic nitrogens is 1. The summed E-state index contributed by atoms with van der Waals surface area (Å²) in [6, 6.07) is 9.79. The van der Waals surface area contributed by atoms with Gasteiger partial charge in [0.15, 0.2) is 0 Å². The van der Waals surface area contributed by atoms with Gasteiger partial charge < -0.3 is 15.4 Å². The number of aliphatic hydroxyl groups is 1. The number of fused-ring (bicyclic) bond motifs is 1. The molecular formula is C19H14F6N2O2. The summed E-state index contributed by atoms with van der Waals surface area (Å²) in [5.41, 5.74) is 0.363. The normalized spacial score (nSPS) is 13.1. The first-order valence-corrected chi connectivity index (χ1v) is 8.18. The van der Waals surface area contributed by atoms with Crippen LogP contribution >= 0.6 is 0 Å². The van der Waals surface area contributed by atoms with Crippen LogP contribution in [0.3, 0.4) is 0 Å². The molecule has 1 heterocycles. The Bertz CT molecular complexity index is 1040. The van der Waals surface area contributed by atoms with Gasteiger partial charge in [-0.15, -0.1) is 0 Å². The highest BCUT2D eigenvalue weighted by atomic mass is 19.4. The molecule has 3 rings (SSSR count). The van der Waals surface area contributed by atoms with Gasteiger partial charge in [-0.25, -0.2) is 0 Å². The van der Waals surface area contributed by atoms with Gasteiger partial charge in [-0.2, -0.15) is 26.3 Å². The first-order chi connectivity index (χ1) is 13.3. The van der Waals surface area contributed by atoms with Gasteiger partial charge in [0.2, 0.25) is 5.91 Å². The Morgan fingerprint density at radius 3 is 2.03 bits per heavy atom. The molecule has 10 heteroatoms. The highest BCUT2D eigenvalue weighted by molar-refractivity contribution is 5.97. The van der Waals surface area contributed by atoms with Crippen LogP contribution in [0.4, 0.5) is 26.3 Å². The number of alkyl halides is 6. The summed E-state index contributed by atoms with van der Waals surface area (Å²) in [5.74, 6) is -0.600. The standard InChI is InChI=1S/C19H14F6N2O2/c20-18(21,22)17(29,19(23,24)25)14-4-1-11(2-5-14)10-27-8-7-12-9-13(16(26)28)3-6-15(12)27/h1-9,29H,10H2,(H2,26,28). The molecule has 0 saturated heterocycles. The number of amides is 1. The van der Waals surface area contributed by atoms with Crippen molar-refractivity contribution >= 4 is 16.8 Å². The Balaban J connectivity index is 1.92. The molecule has 1 aromatic heterocycles. The number of hydrogen-bond donors (Lipinski definition) is 2. The molecule has 0 bridgehead atoms. The first kappa shape index (κ1) is 20.7. The maximum absolute atomic E-state index is 12.9. The maximum atomic E-state index is 12.9. The zero-order valence-electron chi connectivity index (χ0n) is 14.6. The minimum absolute atomic E-state index is 0.149. The smallest absolute Gasteiger partial charge is 0.369 e. The lowest BCUT2D eigenvalue weighted by atomic mass is 9.91. The van der Waals surface area contributed by atoms with Crippen LogP contribution in [0.25, 0.3) is 10.9 Å². The summed E-state index contributed by atoms with van der Waals surface area (Å²) in [4.78, 5) is 11.2. The van der Waals surface area contributed by atoms with Crippen molar-refractivity contribution in [1.82, 2.24) is 4.57 Å². The van der Waals surface area contributed by atoms with Crippen LogP contribution < -0.4 is 5.73 Å². The van der Waals surface area contributed by atoms with Crippen LogP contribution in [-0.2, 0) is 12.1 Å². The summed E-state index contributed by atoms with van der Waals surface area (Å²) >= 11 is 0. The maximum Gasteiger partial charge on any atom is 0.430 e. The van der Waals surface area contributed by atoms with Crippen LogP contribution in [0.5, 0.6) is 0 Å². The van der Waals surface area contributed by atoms with Crippen molar-refractivity contribution in [1.29, 1.82) is 0 Å². The van der Waals surface area contributed by atoms with E-state index in [1.807, 2.05) is 0 Å². The molecule has 0 saturated carbocycles. The molecule has 0 fully saturated rings. The second-order valence-electron chi connectivity index (χ2n) is 6.48. The third-order valence-electron chi connectivity index (χ3n) is 4.60. The van der Waals surface area contributed by atoms with Crippen LogP contribution in [0.15, 0.2) is 54.7 Å². The van der Waals surface area contributed by atoms with E-state index in [1.54, 1.807) is 29.0 Å². The number of nitrogens with zero attached hydrogens (tertiary/aromatic N) is 1. The van der Waals surface area contributed by atoms with E-state index in [-0.39, 0.29) is 6.54 Å². The molecule has 1 amide bonds. The molecular weight excluding hydrogens is 402 g/mol. The number of nitrogens with two attached hydrogens (primary N) is 1. The highest BCUT2D eigenvalue weighted by Crippen LogP contribution is 2.49. The molecule has 0 spiro atoms. The third-order valence-corrected chi connectivity index (χ3v) is 4.60. The van der Waals surface area contributed by atoms with E-state index in [4.69, 9.17) is 5.73 Å². The van der Waals surface area contributed by atoms with Crippen molar-refractivity contribution in [3.05, 3.63) is 71.4 Å². The Morgan fingerprint density at radius 1 is 0.931 bits per heavy atom.